The summed E-state index contributed by atoms with van der Waals surface area (Å²) in [5, 5.41) is 0.758. The summed E-state index contributed by atoms with van der Waals surface area (Å²) in [7, 11) is 1.52. The van der Waals surface area contributed by atoms with E-state index in [1.54, 1.807) is 25.1 Å². The van der Waals surface area contributed by atoms with Crippen molar-refractivity contribution in [2.75, 3.05) is 20.2 Å². The minimum atomic E-state index is -4.21. The van der Waals surface area contributed by atoms with Gasteiger partial charge in [0.1, 0.15) is 11.3 Å². The highest BCUT2D eigenvalue weighted by Crippen LogP contribution is 2.34. The first kappa shape index (κ1) is 20.2. The second-order valence-corrected chi connectivity index (χ2v) is 7.05. The molecule has 1 aromatic heterocycles. The van der Waals surface area contributed by atoms with Crippen LogP contribution in [-0.4, -0.2) is 37.2 Å². The Morgan fingerprint density at radius 1 is 1.29 bits per heavy atom. The van der Waals surface area contributed by atoms with E-state index in [0.29, 0.717) is 16.9 Å². The summed E-state index contributed by atoms with van der Waals surface area (Å²) in [6.07, 6.45) is -4.11. The predicted octanol–water partition coefficient (Wildman–Crippen LogP) is 3.84. The predicted molar refractivity (Wildman–Crippen MR) is 97.5 cm³/mol. The first-order valence-corrected chi connectivity index (χ1v) is 9.15. The zero-order valence-corrected chi connectivity index (χ0v) is 15.8. The molecule has 1 amide bonds. The Bertz CT molecular complexity index is 927. The van der Waals surface area contributed by atoms with Gasteiger partial charge in [-0.15, -0.1) is 0 Å². The van der Waals surface area contributed by atoms with Crippen molar-refractivity contribution in [3.63, 3.8) is 0 Å². The highest BCUT2D eigenvalue weighted by Gasteiger charge is 2.41. The highest BCUT2D eigenvalue weighted by molar-refractivity contribution is 5.82. The summed E-state index contributed by atoms with van der Waals surface area (Å²) in [6.45, 7) is 1.97. The van der Waals surface area contributed by atoms with E-state index in [0.717, 1.165) is 10.9 Å². The number of methoxy groups -OCH3 is 1. The third-order valence-electron chi connectivity index (χ3n) is 5.39. The lowest BCUT2D eigenvalue weighted by atomic mass is 9.95. The van der Waals surface area contributed by atoms with E-state index in [4.69, 9.17) is 9.15 Å². The molecule has 0 atom stereocenters. The number of hydrogen-bond donors (Lipinski definition) is 0. The van der Waals surface area contributed by atoms with Gasteiger partial charge in [-0.3, -0.25) is 4.79 Å². The molecule has 1 saturated heterocycles. The number of halogens is 3. The fourth-order valence-corrected chi connectivity index (χ4v) is 3.64. The molecule has 0 radical (unpaired) electrons. The zero-order valence-electron chi connectivity index (χ0n) is 15.8. The van der Waals surface area contributed by atoms with Gasteiger partial charge >= 0.3 is 11.8 Å². The Hall–Kier alpha value is -2.51. The van der Waals surface area contributed by atoms with Gasteiger partial charge in [0.05, 0.1) is 13.0 Å². The lowest BCUT2D eigenvalue weighted by molar-refractivity contribution is -0.186. The van der Waals surface area contributed by atoms with Gasteiger partial charge in [-0.05, 0) is 43.9 Å². The molecule has 2 aromatic rings. The minimum Gasteiger partial charge on any atom is -0.497 e. The normalized spacial score (nSPS) is 15.8. The van der Waals surface area contributed by atoms with Crippen molar-refractivity contribution in [3.8, 4) is 5.75 Å². The van der Waals surface area contributed by atoms with Gasteiger partial charge < -0.3 is 14.1 Å². The average molecular weight is 397 g/mol. The summed E-state index contributed by atoms with van der Waals surface area (Å²) < 4.78 is 48.7. The van der Waals surface area contributed by atoms with Gasteiger partial charge in [-0.2, -0.15) is 13.2 Å². The van der Waals surface area contributed by atoms with Crippen LogP contribution in [0.2, 0.25) is 0 Å². The van der Waals surface area contributed by atoms with Crippen molar-refractivity contribution >= 4 is 16.9 Å². The van der Waals surface area contributed by atoms with Crippen LogP contribution in [0.3, 0.4) is 0 Å². The molecule has 152 valence electrons. The molecular weight excluding hydrogens is 375 g/mol. The van der Waals surface area contributed by atoms with Gasteiger partial charge in [0.2, 0.25) is 5.91 Å². The second-order valence-electron chi connectivity index (χ2n) is 7.05. The minimum absolute atomic E-state index is 0.0595. The molecule has 1 fully saturated rings. The van der Waals surface area contributed by atoms with E-state index in [-0.39, 0.29) is 44.7 Å². The molecule has 1 aliphatic heterocycles. The van der Waals surface area contributed by atoms with Crippen LogP contribution in [0.4, 0.5) is 13.2 Å². The van der Waals surface area contributed by atoms with Crippen molar-refractivity contribution in [1.82, 2.24) is 4.90 Å². The lowest BCUT2D eigenvalue weighted by Crippen LogP contribution is -2.42. The maximum Gasteiger partial charge on any atom is 0.391 e. The first-order chi connectivity index (χ1) is 13.2. The molecule has 28 heavy (non-hydrogen) atoms. The molecule has 5 nitrogen and oxygen atoms in total. The van der Waals surface area contributed by atoms with Gasteiger partial charge in [0.25, 0.3) is 0 Å². The van der Waals surface area contributed by atoms with E-state index in [1.807, 2.05) is 0 Å². The number of carbonyl (C=O) groups is 1. The molecule has 8 heteroatoms. The standard InChI is InChI=1S/C20H22F3NO4/c1-12-15-4-3-14(27-2)11-17(15)28-19(26)16(12)5-6-18(25)24-9-7-13(8-10-24)20(21,22)23/h3-4,11,13H,5-10H2,1-2H3. The number of ether oxygens (including phenoxy) is 1. The number of benzene rings is 1. The summed E-state index contributed by atoms with van der Waals surface area (Å²) >= 11 is 0. The summed E-state index contributed by atoms with van der Waals surface area (Å²) in [5.41, 5.74) is 1.04. The topological polar surface area (TPSA) is 59.8 Å². The van der Waals surface area contributed by atoms with E-state index in [9.17, 15) is 22.8 Å². The zero-order chi connectivity index (χ0) is 20.5. The summed E-state index contributed by atoms with van der Waals surface area (Å²) in [5.74, 6) is -1.02. The van der Waals surface area contributed by atoms with Gasteiger partial charge in [0.15, 0.2) is 0 Å². The fourth-order valence-electron chi connectivity index (χ4n) is 3.64. The highest BCUT2D eigenvalue weighted by atomic mass is 19.4. The molecule has 0 saturated carbocycles. The van der Waals surface area contributed by atoms with E-state index < -0.39 is 17.7 Å². The Balaban J connectivity index is 1.68. The lowest BCUT2D eigenvalue weighted by Gasteiger charge is -2.33. The Kier molecular flexibility index (Phi) is 5.67. The van der Waals surface area contributed by atoms with Crippen LogP contribution in [0.1, 0.15) is 30.4 Å². The summed E-state index contributed by atoms with van der Waals surface area (Å²) in [4.78, 5) is 26.2. The number of alkyl halides is 3. The van der Waals surface area contributed by atoms with Crippen LogP contribution < -0.4 is 10.4 Å². The molecular formula is C20H22F3NO4. The molecule has 1 aliphatic rings. The Morgan fingerprint density at radius 3 is 2.57 bits per heavy atom. The maximum atomic E-state index is 12.7. The molecule has 3 rings (SSSR count). The van der Waals surface area contributed by atoms with Crippen LogP contribution >= 0.6 is 0 Å². The van der Waals surface area contributed by atoms with Crippen LogP contribution in [0, 0.1) is 12.8 Å². The van der Waals surface area contributed by atoms with E-state index in [2.05, 4.69) is 0 Å². The first-order valence-electron chi connectivity index (χ1n) is 9.15. The number of carbonyl (C=O) groups excluding carboxylic acids is 1. The number of aryl methyl sites for hydroxylation is 1. The van der Waals surface area contributed by atoms with Crippen molar-refractivity contribution in [1.29, 1.82) is 0 Å². The molecule has 1 aromatic carbocycles. The molecule has 0 aliphatic carbocycles. The van der Waals surface area contributed by atoms with Crippen molar-refractivity contribution in [2.24, 2.45) is 5.92 Å². The van der Waals surface area contributed by atoms with E-state index >= 15 is 0 Å². The van der Waals surface area contributed by atoms with E-state index in [1.165, 1.54) is 12.0 Å². The van der Waals surface area contributed by atoms with Gasteiger partial charge in [-0.25, -0.2) is 4.79 Å². The summed E-state index contributed by atoms with van der Waals surface area (Å²) in [6, 6.07) is 5.18. The van der Waals surface area contributed by atoms with Crippen LogP contribution in [0.15, 0.2) is 27.4 Å². The molecule has 0 N–H and O–H groups in total. The van der Waals surface area contributed by atoms with Crippen LogP contribution in [0.25, 0.3) is 11.0 Å². The second kappa shape index (κ2) is 7.85. The average Bonchev–Trinajstić information content (AvgIpc) is 2.66. The Morgan fingerprint density at radius 2 is 1.96 bits per heavy atom. The Labute approximate surface area is 160 Å². The third kappa shape index (κ3) is 4.15. The number of piperidine rings is 1. The molecule has 0 unspecified atom stereocenters. The van der Waals surface area contributed by atoms with Gasteiger partial charge in [0, 0.05) is 36.5 Å². The number of hydrogen-bond acceptors (Lipinski definition) is 4. The maximum absolute atomic E-state index is 12.7. The largest absolute Gasteiger partial charge is 0.497 e. The van der Waals surface area contributed by atoms with Crippen molar-refractivity contribution in [2.45, 2.75) is 38.8 Å². The monoisotopic (exact) mass is 397 g/mol. The third-order valence-corrected chi connectivity index (χ3v) is 5.39. The number of rotatable bonds is 4. The van der Waals surface area contributed by atoms with Gasteiger partial charge in [-0.1, -0.05) is 0 Å². The fraction of sp³-hybridized carbons (Fsp3) is 0.500. The number of amides is 1. The SMILES string of the molecule is COc1ccc2c(C)c(CCC(=O)N3CCC(C(F)(F)F)CC3)c(=O)oc2c1. The molecule has 0 bridgehead atoms. The molecule has 2 heterocycles. The van der Waals surface area contributed by atoms with Crippen LogP contribution in [-0.2, 0) is 11.2 Å². The smallest absolute Gasteiger partial charge is 0.391 e. The number of nitrogens with zero attached hydrogens (tertiary/aromatic N) is 1. The van der Waals surface area contributed by atoms with Crippen molar-refractivity contribution in [3.05, 3.63) is 39.7 Å². The molecule has 0 spiro atoms. The van der Waals surface area contributed by atoms with Crippen molar-refractivity contribution < 1.29 is 27.1 Å². The van der Waals surface area contributed by atoms with Crippen LogP contribution in [0.5, 0.6) is 5.75 Å². The number of fused-ring (bicyclic) bond motifs is 1. The number of likely N-dealkylation sites (tertiary alicyclic amines) is 1. The quantitative estimate of drug-likeness (QED) is 0.736.